The molecule has 2 aromatic carbocycles. The first-order valence-electron chi connectivity index (χ1n) is 8.00. The molecule has 0 saturated carbocycles. The van der Waals surface area contributed by atoms with Crippen LogP contribution in [-0.4, -0.2) is 26.1 Å². The van der Waals surface area contributed by atoms with Crippen LogP contribution in [0.25, 0.3) is 11.4 Å². The van der Waals surface area contributed by atoms with E-state index in [0.717, 1.165) is 18.4 Å². The van der Waals surface area contributed by atoms with E-state index in [1.54, 1.807) is 0 Å². The van der Waals surface area contributed by atoms with Gasteiger partial charge in [0.2, 0.25) is 11.7 Å². The normalized spacial score (nSPS) is 15.9. The van der Waals surface area contributed by atoms with Crippen molar-refractivity contribution >= 4 is 5.91 Å². The maximum absolute atomic E-state index is 12.3. The van der Waals surface area contributed by atoms with Crippen molar-refractivity contribution in [2.45, 2.75) is 25.4 Å². The quantitative estimate of drug-likeness (QED) is 0.799. The molecule has 1 aromatic heterocycles. The van der Waals surface area contributed by atoms with Gasteiger partial charge in [0, 0.05) is 5.56 Å². The molecule has 0 spiro atoms. The Morgan fingerprint density at radius 3 is 2.79 bits per heavy atom. The fraction of sp³-hybridized carbons (Fsp3) is 0.222. The lowest BCUT2D eigenvalue weighted by Gasteiger charge is -2.13. The predicted molar refractivity (Wildman–Crippen MR) is 88.9 cm³/mol. The number of aromatic nitrogens is 4. The molecule has 1 aliphatic carbocycles. The van der Waals surface area contributed by atoms with Gasteiger partial charge in [-0.05, 0) is 29.2 Å². The Labute approximate surface area is 139 Å². The summed E-state index contributed by atoms with van der Waals surface area (Å²) in [5.74, 6) is 0.420. The van der Waals surface area contributed by atoms with Crippen LogP contribution < -0.4 is 5.32 Å². The van der Waals surface area contributed by atoms with Crippen LogP contribution in [-0.2, 0) is 17.8 Å². The van der Waals surface area contributed by atoms with Crippen molar-refractivity contribution in [2.24, 2.45) is 0 Å². The van der Waals surface area contributed by atoms with Crippen molar-refractivity contribution in [3.8, 4) is 11.4 Å². The number of carbonyl (C=O) groups excluding carboxylic acids is 1. The van der Waals surface area contributed by atoms with Gasteiger partial charge in [-0.25, -0.2) is 0 Å². The van der Waals surface area contributed by atoms with E-state index in [1.165, 1.54) is 15.9 Å². The summed E-state index contributed by atoms with van der Waals surface area (Å²) in [6.45, 7) is 0.0680. The van der Waals surface area contributed by atoms with Crippen LogP contribution in [0.2, 0.25) is 0 Å². The van der Waals surface area contributed by atoms with Crippen LogP contribution >= 0.6 is 0 Å². The average Bonchev–Trinajstić information content (AvgIpc) is 3.23. The van der Waals surface area contributed by atoms with Crippen LogP contribution in [0.15, 0.2) is 54.6 Å². The molecule has 120 valence electrons. The second-order valence-corrected chi connectivity index (χ2v) is 5.87. The maximum atomic E-state index is 12.3. The first-order chi connectivity index (χ1) is 11.8. The van der Waals surface area contributed by atoms with Gasteiger partial charge in [-0.3, -0.25) is 4.79 Å². The highest BCUT2D eigenvalue weighted by Gasteiger charge is 2.23. The summed E-state index contributed by atoms with van der Waals surface area (Å²) in [4.78, 5) is 13.6. The van der Waals surface area contributed by atoms with Crippen LogP contribution in [0.5, 0.6) is 0 Å². The number of amides is 1. The molecule has 0 saturated heterocycles. The third-order valence-corrected chi connectivity index (χ3v) is 4.24. The second-order valence-electron chi connectivity index (χ2n) is 5.87. The predicted octanol–water partition coefficient (Wildman–Crippen LogP) is 2.14. The molecule has 4 rings (SSSR count). The van der Waals surface area contributed by atoms with E-state index in [0.29, 0.717) is 5.82 Å². The Bertz CT molecular complexity index is 859. The second kappa shape index (κ2) is 6.23. The van der Waals surface area contributed by atoms with Crippen LogP contribution in [0.1, 0.15) is 23.6 Å². The SMILES string of the molecule is O=C(Cn1nnc(-c2ccccc2)n1)NC1CCc2ccccc21. The van der Waals surface area contributed by atoms with Crippen molar-refractivity contribution in [3.05, 3.63) is 65.7 Å². The highest BCUT2D eigenvalue weighted by molar-refractivity contribution is 5.76. The standard InChI is InChI=1S/C18H17N5O/c24-17(19-16-11-10-13-6-4-5-9-15(13)16)12-23-21-18(20-22-23)14-7-2-1-3-8-14/h1-9,16H,10-12H2,(H,19,24). The monoisotopic (exact) mass is 319 g/mol. The highest BCUT2D eigenvalue weighted by atomic mass is 16.2. The Hall–Kier alpha value is -3.02. The van der Waals surface area contributed by atoms with Crippen molar-refractivity contribution in [3.63, 3.8) is 0 Å². The molecule has 3 aromatic rings. The van der Waals surface area contributed by atoms with E-state index in [-0.39, 0.29) is 18.5 Å². The molecule has 0 aliphatic heterocycles. The number of tetrazole rings is 1. The lowest BCUT2D eigenvalue weighted by molar-refractivity contribution is -0.122. The summed E-state index contributed by atoms with van der Waals surface area (Å²) >= 11 is 0. The van der Waals surface area contributed by atoms with Gasteiger partial charge in [-0.15, -0.1) is 10.2 Å². The minimum atomic E-state index is -0.103. The molecule has 0 fully saturated rings. The molecular formula is C18H17N5O. The van der Waals surface area contributed by atoms with Gasteiger partial charge in [0.05, 0.1) is 6.04 Å². The minimum Gasteiger partial charge on any atom is -0.348 e. The molecule has 1 N–H and O–H groups in total. The number of rotatable bonds is 4. The molecule has 6 heteroatoms. The number of nitrogens with zero attached hydrogens (tertiary/aromatic N) is 4. The van der Waals surface area contributed by atoms with Gasteiger partial charge in [0.1, 0.15) is 6.54 Å². The average molecular weight is 319 g/mol. The topological polar surface area (TPSA) is 72.7 Å². The fourth-order valence-electron chi connectivity index (χ4n) is 3.09. The largest absolute Gasteiger partial charge is 0.348 e. The van der Waals surface area contributed by atoms with Crippen molar-refractivity contribution in [2.75, 3.05) is 0 Å². The first-order valence-corrected chi connectivity index (χ1v) is 8.00. The van der Waals surface area contributed by atoms with Gasteiger partial charge in [-0.1, -0.05) is 54.6 Å². The number of aryl methyl sites for hydroxylation is 1. The van der Waals surface area contributed by atoms with Crippen molar-refractivity contribution in [1.82, 2.24) is 25.5 Å². The molecule has 1 heterocycles. The highest BCUT2D eigenvalue weighted by Crippen LogP contribution is 2.30. The summed E-state index contributed by atoms with van der Waals surface area (Å²) in [6, 6.07) is 17.9. The van der Waals surface area contributed by atoms with E-state index < -0.39 is 0 Å². The molecule has 24 heavy (non-hydrogen) atoms. The summed E-state index contributed by atoms with van der Waals surface area (Å²) in [5.41, 5.74) is 3.41. The summed E-state index contributed by atoms with van der Waals surface area (Å²) in [5, 5.41) is 15.3. The van der Waals surface area contributed by atoms with E-state index in [9.17, 15) is 4.79 Å². The van der Waals surface area contributed by atoms with Gasteiger partial charge < -0.3 is 5.32 Å². The van der Waals surface area contributed by atoms with Gasteiger partial charge >= 0.3 is 0 Å². The summed E-state index contributed by atoms with van der Waals surface area (Å²) in [6.07, 6.45) is 1.94. The van der Waals surface area contributed by atoms with Crippen molar-refractivity contribution < 1.29 is 4.79 Å². The third-order valence-electron chi connectivity index (χ3n) is 4.24. The molecule has 1 aliphatic rings. The lowest BCUT2D eigenvalue weighted by Crippen LogP contribution is -2.31. The minimum absolute atomic E-state index is 0.0680. The fourth-order valence-corrected chi connectivity index (χ4v) is 3.09. The van der Waals surface area contributed by atoms with Crippen LogP contribution in [0.4, 0.5) is 0 Å². The number of nitrogens with one attached hydrogen (secondary N) is 1. The lowest BCUT2D eigenvalue weighted by atomic mass is 10.1. The smallest absolute Gasteiger partial charge is 0.244 e. The molecule has 6 nitrogen and oxygen atoms in total. The van der Waals surface area contributed by atoms with Crippen LogP contribution in [0, 0.1) is 0 Å². The van der Waals surface area contributed by atoms with Crippen LogP contribution in [0.3, 0.4) is 0 Å². The zero-order valence-electron chi connectivity index (χ0n) is 13.1. The van der Waals surface area contributed by atoms with Gasteiger partial charge in [-0.2, -0.15) is 4.80 Å². The van der Waals surface area contributed by atoms with E-state index >= 15 is 0 Å². The van der Waals surface area contributed by atoms with E-state index in [4.69, 9.17) is 0 Å². The van der Waals surface area contributed by atoms with Gasteiger partial charge in [0.25, 0.3) is 0 Å². The number of hydrogen-bond donors (Lipinski definition) is 1. The molecule has 1 unspecified atom stereocenters. The molecule has 0 radical (unpaired) electrons. The first kappa shape index (κ1) is 14.6. The zero-order chi connectivity index (χ0) is 16.4. The maximum Gasteiger partial charge on any atom is 0.244 e. The molecule has 1 amide bonds. The van der Waals surface area contributed by atoms with Crippen molar-refractivity contribution in [1.29, 1.82) is 0 Å². The molecule has 1 atom stereocenters. The Kier molecular flexibility index (Phi) is 3.78. The zero-order valence-corrected chi connectivity index (χ0v) is 13.1. The molecular weight excluding hydrogens is 302 g/mol. The summed E-state index contributed by atoms with van der Waals surface area (Å²) < 4.78 is 0. The number of fused-ring (bicyclic) bond motifs is 1. The van der Waals surface area contributed by atoms with E-state index in [2.05, 4.69) is 32.9 Å². The molecule has 0 bridgehead atoms. The summed E-state index contributed by atoms with van der Waals surface area (Å²) in [7, 11) is 0. The number of benzene rings is 2. The van der Waals surface area contributed by atoms with E-state index in [1.807, 2.05) is 42.5 Å². The number of hydrogen-bond acceptors (Lipinski definition) is 4. The Morgan fingerprint density at radius 2 is 1.92 bits per heavy atom. The Morgan fingerprint density at radius 1 is 1.12 bits per heavy atom. The third kappa shape index (κ3) is 2.90. The number of carbonyl (C=O) groups is 1. The van der Waals surface area contributed by atoms with Gasteiger partial charge in [0.15, 0.2) is 0 Å². The Balaban J connectivity index is 1.42.